The minimum Gasteiger partial charge on any atom is -0.465 e. The van der Waals surface area contributed by atoms with Gasteiger partial charge in [-0.2, -0.15) is 0 Å². The number of amidine groups is 1. The molecule has 0 spiro atoms. The van der Waals surface area contributed by atoms with E-state index in [2.05, 4.69) is 17.6 Å². The van der Waals surface area contributed by atoms with Gasteiger partial charge in [0.2, 0.25) is 5.91 Å². The van der Waals surface area contributed by atoms with Crippen LogP contribution in [0.1, 0.15) is 50.6 Å². The van der Waals surface area contributed by atoms with Crippen molar-refractivity contribution in [1.82, 2.24) is 19.8 Å². The first-order valence-corrected chi connectivity index (χ1v) is 13.0. The first-order chi connectivity index (χ1) is 18.1. The number of esters is 1. The van der Waals surface area contributed by atoms with Crippen molar-refractivity contribution in [3.05, 3.63) is 59.4 Å². The Bertz CT molecular complexity index is 1330. The second kappa shape index (κ2) is 11.2. The lowest BCUT2D eigenvalue weighted by Crippen LogP contribution is -2.55. The Labute approximate surface area is 223 Å². The summed E-state index contributed by atoms with van der Waals surface area (Å²) in [6.07, 6.45) is 1.93. The lowest BCUT2D eigenvalue weighted by Gasteiger charge is -2.35. The number of hydrogen-bond donors (Lipinski definition) is 4. The lowest BCUT2D eigenvalue weighted by atomic mass is 9.89. The molecule has 0 bridgehead atoms. The van der Waals surface area contributed by atoms with Crippen molar-refractivity contribution in [1.29, 1.82) is 5.41 Å². The third kappa shape index (κ3) is 5.50. The second-order valence-corrected chi connectivity index (χ2v) is 9.91. The zero-order valence-electron chi connectivity index (χ0n) is 22.5. The predicted octanol–water partition coefficient (Wildman–Crippen LogP) is 2.85. The zero-order chi connectivity index (χ0) is 27.4. The number of amides is 1. The maximum absolute atomic E-state index is 13.8. The van der Waals surface area contributed by atoms with Gasteiger partial charge < -0.3 is 25.3 Å². The van der Waals surface area contributed by atoms with Crippen molar-refractivity contribution in [2.75, 3.05) is 25.0 Å². The number of nitrogens with two attached hydrogens (primary N) is 1. The fourth-order valence-electron chi connectivity index (χ4n) is 4.95. The Morgan fingerprint density at radius 2 is 1.97 bits per heavy atom. The molecule has 1 aromatic heterocycles. The minimum absolute atomic E-state index is 0.0316. The topological polar surface area (TPSA) is 138 Å². The molecule has 38 heavy (non-hydrogen) atoms. The Hall–Kier alpha value is -3.92. The summed E-state index contributed by atoms with van der Waals surface area (Å²) in [5.41, 5.74) is 8.43. The molecular weight excluding hydrogens is 482 g/mol. The number of aromatic nitrogens is 2. The van der Waals surface area contributed by atoms with Gasteiger partial charge in [-0.05, 0) is 75.6 Å². The van der Waals surface area contributed by atoms with Gasteiger partial charge in [0.1, 0.15) is 17.2 Å². The average Bonchev–Trinajstić information content (AvgIpc) is 3.48. The molecule has 0 aliphatic carbocycles. The number of hydrogen-bond acceptors (Lipinski definition) is 7. The highest BCUT2D eigenvalue weighted by Gasteiger charge is 2.41. The van der Waals surface area contributed by atoms with E-state index in [1.165, 1.54) is 0 Å². The normalized spacial score (nSPS) is 16.8. The Morgan fingerprint density at radius 3 is 2.61 bits per heavy atom. The van der Waals surface area contributed by atoms with Gasteiger partial charge in [-0.3, -0.25) is 20.3 Å². The van der Waals surface area contributed by atoms with Crippen molar-refractivity contribution >= 4 is 34.4 Å². The first kappa shape index (κ1) is 27.1. The van der Waals surface area contributed by atoms with Gasteiger partial charge in [-0.15, -0.1) is 0 Å². The van der Waals surface area contributed by atoms with Crippen molar-refractivity contribution in [3.63, 3.8) is 0 Å². The van der Waals surface area contributed by atoms with Crippen molar-refractivity contribution in [2.45, 2.75) is 51.7 Å². The number of nitrogens with zero attached hydrogens (tertiary/aromatic N) is 3. The van der Waals surface area contributed by atoms with Gasteiger partial charge in [0, 0.05) is 30.9 Å². The zero-order valence-corrected chi connectivity index (χ0v) is 22.5. The summed E-state index contributed by atoms with van der Waals surface area (Å²) in [6, 6.07) is 13.3. The summed E-state index contributed by atoms with van der Waals surface area (Å²) in [4.78, 5) is 32.8. The monoisotopic (exact) mass is 519 g/mol. The number of nitrogen functional groups attached to an aromatic ring is 1. The number of ether oxygens (including phenoxy) is 1. The van der Waals surface area contributed by atoms with Crippen LogP contribution < -0.4 is 16.4 Å². The third-order valence-corrected chi connectivity index (χ3v) is 7.33. The van der Waals surface area contributed by atoms with Gasteiger partial charge in [-0.1, -0.05) is 6.07 Å². The number of rotatable bonds is 10. The molecule has 0 unspecified atom stereocenters. The summed E-state index contributed by atoms with van der Waals surface area (Å²) in [6.45, 7) is 7.05. The fraction of sp³-hybridized carbons (Fsp3) is 0.429. The molecule has 2 atom stereocenters. The molecule has 202 valence electrons. The molecule has 1 amide bonds. The molecule has 5 N–H and O–H groups in total. The van der Waals surface area contributed by atoms with Gasteiger partial charge in [0.15, 0.2) is 0 Å². The Balaban J connectivity index is 1.61. The molecule has 3 aromatic rings. The third-order valence-electron chi connectivity index (χ3n) is 7.33. The van der Waals surface area contributed by atoms with E-state index < -0.39 is 11.5 Å². The van der Waals surface area contributed by atoms with Gasteiger partial charge in [-0.25, -0.2) is 4.98 Å². The number of aryl methyl sites for hydroxylation is 1. The molecule has 1 aliphatic rings. The number of benzene rings is 2. The summed E-state index contributed by atoms with van der Waals surface area (Å²) in [7, 11) is 1.96. The molecule has 10 heteroatoms. The standard InChI is InChI=1S/C28H37N7O3/c1-5-38-25(36)17-32-28(3,27(37)35-14-6-7-18(35)2)20-10-13-23-22(15-20)33-24(34(23)4)16-31-21-11-8-19(9-12-21)26(29)30/h8-13,15,18,31-32H,5-7,14,16-17H2,1-4H3,(H3,29,30)/t18-,28+/m1/s1. The summed E-state index contributed by atoms with van der Waals surface area (Å²) < 4.78 is 7.12. The van der Waals surface area contributed by atoms with Gasteiger partial charge >= 0.3 is 5.97 Å². The second-order valence-electron chi connectivity index (χ2n) is 9.91. The van der Waals surface area contributed by atoms with Crippen molar-refractivity contribution < 1.29 is 14.3 Å². The highest BCUT2D eigenvalue weighted by atomic mass is 16.5. The summed E-state index contributed by atoms with van der Waals surface area (Å²) in [5, 5.41) is 14.1. The summed E-state index contributed by atoms with van der Waals surface area (Å²) >= 11 is 0. The first-order valence-electron chi connectivity index (χ1n) is 13.0. The molecule has 2 aromatic carbocycles. The van der Waals surface area contributed by atoms with E-state index >= 15 is 0 Å². The SMILES string of the molecule is CCOC(=O)CN[C@](C)(C(=O)N1CCC[C@H]1C)c1ccc2c(c1)nc(CNc1ccc(C(=N)N)cc1)n2C. The van der Waals surface area contributed by atoms with Gasteiger partial charge in [0.25, 0.3) is 0 Å². The Kier molecular flexibility index (Phi) is 8.01. The van der Waals surface area contributed by atoms with E-state index in [1.54, 1.807) is 19.1 Å². The van der Waals surface area contributed by atoms with Crippen LogP contribution in [0.3, 0.4) is 0 Å². The highest BCUT2D eigenvalue weighted by molar-refractivity contribution is 5.95. The van der Waals surface area contributed by atoms with Crippen molar-refractivity contribution in [3.8, 4) is 0 Å². The molecule has 1 saturated heterocycles. The number of likely N-dealkylation sites (tertiary alicyclic amines) is 1. The van der Waals surface area contributed by atoms with E-state index in [1.807, 2.05) is 53.8 Å². The van der Waals surface area contributed by atoms with Crippen LogP contribution in [0.15, 0.2) is 42.5 Å². The van der Waals surface area contributed by atoms with E-state index in [0.29, 0.717) is 18.7 Å². The van der Waals surface area contributed by atoms with Crippen LogP contribution in [0, 0.1) is 5.41 Å². The van der Waals surface area contributed by atoms with E-state index in [0.717, 1.165) is 41.0 Å². The highest BCUT2D eigenvalue weighted by Crippen LogP contribution is 2.30. The molecule has 0 radical (unpaired) electrons. The molecule has 0 saturated carbocycles. The fourth-order valence-corrected chi connectivity index (χ4v) is 4.95. The minimum atomic E-state index is -1.12. The largest absolute Gasteiger partial charge is 0.465 e. The molecular formula is C28H37N7O3. The number of carbonyl (C=O) groups is 2. The molecule has 1 aliphatic heterocycles. The molecule has 2 heterocycles. The Morgan fingerprint density at radius 1 is 1.24 bits per heavy atom. The van der Waals surface area contributed by atoms with Crippen LogP contribution in [0.4, 0.5) is 5.69 Å². The van der Waals surface area contributed by atoms with Crippen LogP contribution >= 0.6 is 0 Å². The van der Waals surface area contributed by atoms with Crippen LogP contribution in [0.25, 0.3) is 11.0 Å². The number of carbonyl (C=O) groups excluding carboxylic acids is 2. The quantitative estimate of drug-likeness (QED) is 0.184. The summed E-state index contributed by atoms with van der Waals surface area (Å²) in [5.74, 6) is 0.403. The van der Waals surface area contributed by atoms with E-state index in [-0.39, 0.29) is 30.9 Å². The number of nitrogens with one attached hydrogen (secondary N) is 3. The van der Waals surface area contributed by atoms with Crippen LogP contribution in [0.5, 0.6) is 0 Å². The number of anilines is 1. The maximum atomic E-state index is 13.8. The smallest absolute Gasteiger partial charge is 0.319 e. The number of fused-ring (bicyclic) bond motifs is 1. The lowest BCUT2D eigenvalue weighted by molar-refractivity contribution is -0.144. The molecule has 10 nitrogen and oxygen atoms in total. The molecule has 4 rings (SSSR count). The van der Waals surface area contributed by atoms with Crippen LogP contribution in [0.2, 0.25) is 0 Å². The van der Waals surface area contributed by atoms with E-state index in [4.69, 9.17) is 20.9 Å². The maximum Gasteiger partial charge on any atom is 0.319 e. The van der Waals surface area contributed by atoms with E-state index in [9.17, 15) is 9.59 Å². The number of imidazole rings is 1. The molecule has 1 fully saturated rings. The predicted molar refractivity (Wildman–Crippen MR) is 148 cm³/mol. The van der Waals surface area contributed by atoms with Crippen molar-refractivity contribution in [2.24, 2.45) is 12.8 Å². The van der Waals surface area contributed by atoms with Gasteiger partial charge in [0.05, 0.1) is 30.7 Å². The van der Waals surface area contributed by atoms with Crippen LogP contribution in [-0.4, -0.2) is 57.9 Å². The average molecular weight is 520 g/mol. The van der Waals surface area contributed by atoms with Crippen LogP contribution in [-0.2, 0) is 33.5 Å².